The highest BCUT2D eigenvalue weighted by atomic mass is 19.1. The van der Waals surface area contributed by atoms with Gasteiger partial charge >= 0.3 is 6.03 Å². The zero-order valence-corrected chi connectivity index (χ0v) is 22.1. The van der Waals surface area contributed by atoms with Crippen LogP contribution >= 0.6 is 0 Å². The first-order chi connectivity index (χ1) is 18.7. The van der Waals surface area contributed by atoms with Crippen molar-refractivity contribution < 1.29 is 14.0 Å². The van der Waals surface area contributed by atoms with Gasteiger partial charge in [-0.05, 0) is 67.8 Å². The van der Waals surface area contributed by atoms with Crippen LogP contribution in [0.2, 0.25) is 0 Å². The Morgan fingerprint density at radius 3 is 2.62 bits per heavy atom. The van der Waals surface area contributed by atoms with Crippen molar-refractivity contribution in [1.29, 1.82) is 0 Å². The maximum Gasteiger partial charge on any atom is 0.330 e. The third kappa shape index (κ3) is 5.26. The van der Waals surface area contributed by atoms with Crippen LogP contribution < -0.4 is 20.4 Å². The molecule has 4 aromatic rings. The molecule has 0 spiro atoms. The molecule has 198 valence electrons. The average Bonchev–Trinajstić information content (AvgIpc) is 2.93. The quantitative estimate of drug-likeness (QED) is 0.328. The van der Waals surface area contributed by atoms with Crippen LogP contribution in [0.3, 0.4) is 0 Å². The molecule has 10 heteroatoms. The lowest BCUT2D eigenvalue weighted by atomic mass is 10.1. The number of alkyl halides is 1. The second-order valence-electron chi connectivity index (χ2n) is 9.53. The summed E-state index contributed by atoms with van der Waals surface area (Å²) in [5, 5.41) is 6.03. The van der Waals surface area contributed by atoms with Gasteiger partial charge in [-0.3, -0.25) is 19.6 Å². The number of nitrogens with zero attached hydrogens (tertiary/aromatic N) is 5. The van der Waals surface area contributed by atoms with Gasteiger partial charge in [0.1, 0.15) is 12.5 Å². The summed E-state index contributed by atoms with van der Waals surface area (Å²) in [4.78, 5) is 42.8. The number of halogens is 1. The maximum absolute atomic E-state index is 13.5. The van der Waals surface area contributed by atoms with Crippen molar-refractivity contribution >= 4 is 40.8 Å². The summed E-state index contributed by atoms with van der Waals surface area (Å²) in [6.45, 7) is 5.42. The van der Waals surface area contributed by atoms with E-state index in [1.165, 1.54) is 11.0 Å². The van der Waals surface area contributed by atoms with Crippen molar-refractivity contribution in [3.63, 3.8) is 0 Å². The Morgan fingerprint density at radius 2 is 1.85 bits per heavy atom. The number of hydrogen-bond donors (Lipinski definition) is 2. The average molecular weight is 526 g/mol. The van der Waals surface area contributed by atoms with E-state index in [0.29, 0.717) is 34.3 Å². The van der Waals surface area contributed by atoms with Gasteiger partial charge < -0.3 is 10.6 Å². The lowest BCUT2D eigenvalue weighted by molar-refractivity contribution is 0.102. The highest BCUT2D eigenvalue weighted by Gasteiger charge is 2.31. The fraction of sp³-hybridized carbons (Fsp3) is 0.207. The number of amides is 3. The molecule has 0 atom stereocenters. The van der Waals surface area contributed by atoms with Gasteiger partial charge in [0.05, 0.1) is 24.1 Å². The SMILES string of the molecule is Cc1cc(C)c(Nc2ncc3c(n2)N(C)C(=O)N(c2cc(NC(=O)c4cccc(CF)c4)ccc2C)C3)cn1. The van der Waals surface area contributed by atoms with Crippen LogP contribution in [0, 0.1) is 20.8 Å². The van der Waals surface area contributed by atoms with E-state index in [1.54, 1.807) is 54.7 Å². The number of hydrogen-bond acceptors (Lipinski definition) is 6. The van der Waals surface area contributed by atoms with Gasteiger partial charge in [0.15, 0.2) is 0 Å². The molecule has 0 fully saturated rings. The number of pyridine rings is 1. The number of aryl methyl sites for hydroxylation is 3. The molecule has 2 aromatic carbocycles. The number of carbonyl (C=O) groups excluding carboxylic acids is 2. The summed E-state index contributed by atoms with van der Waals surface area (Å²) in [5.41, 5.74) is 6.31. The van der Waals surface area contributed by atoms with E-state index in [9.17, 15) is 14.0 Å². The van der Waals surface area contributed by atoms with Crippen LogP contribution in [0.4, 0.5) is 38.0 Å². The van der Waals surface area contributed by atoms with Gasteiger partial charge in [-0.25, -0.2) is 14.2 Å². The van der Waals surface area contributed by atoms with E-state index >= 15 is 0 Å². The summed E-state index contributed by atoms with van der Waals surface area (Å²) in [6.07, 6.45) is 3.44. The van der Waals surface area contributed by atoms with E-state index in [4.69, 9.17) is 0 Å². The molecule has 0 aliphatic carbocycles. The highest BCUT2D eigenvalue weighted by molar-refractivity contribution is 6.07. The van der Waals surface area contributed by atoms with Crippen LogP contribution in [0.15, 0.2) is 60.9 Å². The Morgan fingerprint density at radius 1 is 1.03 bits per heavy atom. The van der Waals surface area contributed by atoms with Gasteiger partial charge in [-0.2, -0.15) is 4.98 Å². The Hall–Kier alpha value is -4.86. The molecular weight excluding hydrogens is 497 g/mol. The van der Waals surface area contributed by atoms with Crippen molar-refractivity contribution in [3.05, 3.63) is 94.4 Å². The second-order valence-corrected chi connectivity index (χ2v) is 9.53. The van der Waals surface area contributed by atoms with Crippen LogP contribution in [0.5, 0.6) is 0 Å². The molecule has 0 unspecified atom stereocenters. The Kier molecular flexibility index (Phi) is 6.93. The monoisotopic (exact) mass is 525 g/mol. The molecule has 5 rings (SSSR count). The number of fused-ring (bicyclic) bond motifs is 1. The van der Waals surface area contributed by atoms with Gasteiger partial charge in [0, 0.05) is 35.8 Å². The van der Waals surface area contributed by atoms with Gasteiger partial charge in [-0.15, -0.1) is 0 Å². The summed E-state index contributed by atoms with van der Waals surface area (Å²) in [5.74, 6) is 0.523. The molecule has 3 heterocycles. The molecule has 0 saturated carbocycles. The fourth-order valence-electron chi connectivity index (χ4n) is 4.48. The van der Waals surface area contributed by atoms with Crippen molar-refractivity contribution in [2.45, 2.75) is 34.0 Å². The van der Waals surface area contributed by atoms with Crippen molar-refractivity contribution in [3.8, 4) is 0 Å². The molecule has 39 heavy (non-hydrogen) atoms. The normalized spacial score (nSPS) is 12.8. The Bertz CT molecular complexity index is 1590. The topological polar surface area (TPSA) is 103 Å². The number of nitrogens with one attached hydrogen (secondary N) is 2. The van der Waals surface area contributed by atoms with Crippen molar-refractivity contribution in [2.24, 2.45) is 0 Å². The molecule has 0 bridgehead atoms. The fourth-order valence-corrected chi connectivity index (χ4v) is 4.48. The minimum absolute atomic E-state index is 0.262. The number of carbonyl (C=O) groups is 2. The first kappa shape index (κ1) is 25.8. The minimum Gasteiger partial charge on any atom is -0.323 e. The summed E-state index contributed by atoms with van der Waals surface area (Å²) >= 11 is 0. The van der Waals surface area contributed by atoms with Gasteiger partial charge in [0.2, 0.25) is 5.95 Å². The molecule has 0 radical (unpaired) electrons. The first-order valence-electron chi connectivity index (χ1n) is 12.4. The van der Waals surface area contributed by atoms with Crippen LogP contribution in [0.25, 0.3) is 0 Å². The molecule has 1 aliphatic rings. The van der Waals surface area contributed by atoms with E-state index in [1.807, 2.05) is 32.9 Å². The third-order valence-corrected chi connectivity index (χ3v) is 6.60. The smallest absolute Gasteiger partial charge is 0.323 e. The number of rotatable bonds is 6. The lowest BCUT2D eigenvalue weighted by Crippen LogP contribution is -2.46. The number of anilines is 5. The largest absolute Gasteiger partial charge is 0.330 e. The molecule has 9 nitrogen and oxygen atoms in total. The van der Waals surface area contributed by atoms with E-state index < -0.39 is 6.67 Å². The highest BCUT2D eigenvalue weighted by Crippen LogP contribution is 2.33. The van der Waals surface area contributed by atoms with Crippen molar-refractivity contribution in [2.75, 3.05) is 27.5 Å². The van der Waals surface area contributed by atoms with Crippen LogP contribution in [-0.4, -0.2) is 33.9 Å². The molecule has 0 saturated heterocycles. The molecular formula is C29H28FN7O2. The van der Waals surface area contributed by atoms with E-state index in [0.717, 1.165) is 28.1 Å². The predicted molar refractivity (Wildman–Crippen MR) is 149 cm³/mol. The maximum atomic E-state index is 13.5. The Balaban J connectivity index is 1.39. The van der Waals surface area contributed by atoms with Crippen LogP contribution in [-0.2, 0) is 13.2 Å². The van der Waals surface area contributed by atoms with E-state index in [2.05, 4.69) is 25.6 Å². The second kappa shape index (κ2) is 10.5. The summed E-state index contributed by atoms with van der Waals surface area (Å²) in [6, 6.07) is 13.5. The summed E-state index contributed by atoms with van der Waals surface area (Å²) < 4.78 is 13.0. The molecule has 3 amide bonds. The predicted octanol–water partition coefficient (Wildman–Crippen LogP) is 5.84. The molecule has 2 N–H and O–H groups in total. The van der Waals surface area contributed by atoms with Gasteiger partial charge in [0.25, 0.3) is 5.91 Å². The van der Waals surface area contributed by atoms with Gasteiger partial charge in [-0.1, -0.05) is 18.2 Å². The standard InChI is InChI=1S/C29H28FN7O2/c1-17-8-9-23(33-27(38)21-7-5-6-20(11-21)13-30)12-25(17)37-16-22-14-32-28(35-26(22)36(4)29(37)39)34-24-15-31-19(3)10-18(24)2/h5-12,14-15H,13,16H2,1-4H3,(H,33,38)(H,32,34,35). The van der Waals surface area contributed by atoms with E-state index in [-0.39, 0.29) is 18.5 Å². The third-order valence-electron chi connectivity index (χ3n) is 6.60. The minimum atomic E-state index is -0.647. The van der Waals surface area contributed by atoms with Crippen molar-refractivity contribution in [1.82, 2.24) is 15.0 Å². The first-order valence-corrected chi connectivity index (χ1v) is 12.4. The zero-order valence-electron chi connectivity index (χ0n) is 22.1. The Labute approximate surface area is 225 Å². The van der Waals surface area contributed by atoms with Crippen LogP contribution in [0.1, 0.15) is 38.3 Å². The molecule has 1 aliphatic heterocycles. The number of benzene rings is 2. The number of aromatic nitrogens is 3. The number of urea groups is 1. The zero-order chi connectivity index (χ0) is 27.7. The molecule has 2 aromatic heterocycles. The summed E-state index contributed by atoms with van der Waals surface area (Å²) in [7, 11) is 1.67. The lowest BCUT2D eigenvalue weighted by Gasteiger charge is -2.35.